The number of hydrazine groups is 1. The lowest BCUT2D eigenvalue weighted by molar-refractivity contribution is -0.137. The first-order chi connectivity index (χ1) is 12.0. The second-order valence-corrected chi connectivity index (χ2v) is 7.32. The lowest BCUT2D eigenvalue weighted by Gasteiger charge is -2.49. The monoisotopic (exact) mass is 371 g/mol. The third-order valence-electron chi connectivity index (χ3n) is 5.03. The molecule has 1 aromatic carbocycles. The Kier molecular flexibility index (Phi) is 5.89. The molecule has 0 unspecified atom stereocenters. The second kappa shape index (κ2) is 7.46. The second-order valence-electron chi connectivity index (χ2n) is 7.32. The van der Waals surface area contributed by atoms with Gasteiger partial charge in [-0.2, -0.15) is 13.2 Å². The van der Waals surface area contributed by atoms with E-state index in [0.29, 0.717) is 12.1 Å². The maximum absolute atomic E-state index is 12.9. The molecule has 1 aromatic rings. The highest BCUT2D eigenvalue weighted by Crippen LogP contribution is 2.41. The predicted molar refractivity (Wildman–Crippen MR) is 96.6 cm³/mol. The molecule has 5 N–H and O–H groups in total. The van der Waals surface area contributed by atoms with Gasteiger partial charge in [0.1, 0.15) is 0 Å². The van der Waals surface area contributed by atoms with E-state index in [0.717, 1.165) is 24.1 Å². The number of alkyl halides is 3. The van der Waals surface area contributed by atoms with Crippen LogP contribution in [-0.2, 0) is 11.7 Å². The molecule has 0 aliphatic carbocycles. The number of nitrogens with two attached hydrogens (primary N) is 2. The van der Waals surface area contributed by atoms with Gasteiger partial charge in [-0.3, -0.25) is 4.90 Å². The largest absolute Gasteiger partial charge is 0.416 e. The Bertz CT molecular complexity index is 639. The van der Waals surface area contributed by atoms with Gasteiger partial charge < -0.3 is 16.1 Å². The van der Waals surface area contributed by atoms with Crippen LogP contribution in [0, 0.1) is 0 Å². The Labute approximate surface area is 152 Å². The van der Waals surface area contributed by atoms with Crippen molar-refractivity contribution in [3.05, 3.63) is 47.3 Å². The molecule has 0 spiro atoms. The number of benzene rings is 1. The molecule has 0 bridgehead atoms. The van der Waals surface area contributed by atoms with Crippen LogP contribution >= 0.6 is 0 Å². The molecule has 8 heteroatoms. The van der Waals surface area contributed by atoms with Crippen LogP contribution in [-0.4, -0.2) is 43.1 Å². The van der Waals surface area contributed by atoms with Gasteiger partial charge in [-0.05, 0) is 51.6 Å². The van der Waals surface area contributed by atoms with Crippen LogP contribution in [0.1, 0.15) is 30.9 Å². The number of nitrogens with one attached hydrogen (secondary N) is 1. The summed E-state index contributed by atoms with van der Waals surface area (Å²) in [5.41, 5.74) is 6.58. The van der Waals surface area contributed by atoms with Crippen molar-refractivity contribution in [2.45, 2.75) is 43.6 Å². The number of rotatable bonds is 4. The SMILES string of the molecule is C[C@H]1C[C@](c2ccc(C(F)(F)F)cc2)(N(C)C)C[C@@H](/C(N)=C/N(C)N)N1. The maximum Gasteiger partial charge on any atom is 0.416 e. The molecule has 0 amide bonds. The van der Waals surface area contributed by atoms with Crippen molar-refractivity contribution in [1.82, 2.24) is 15.2 Å². The number of hydrogen-bond acceptors (Lipinski definition) is 5. The van der Waals surface area contributed by atoms with E-state index < -0.39 is 17.3 Å². The minimum absolute atomic E-state index is 0.130. The van der Waals surface area contributed by atoms with Gasteiger partial charge in [0.05, 0.1) is 11.6 Å². The van der Waals surface area contributed by atoms with Crippen LogP contribution in [0.25, 0.3) is 0 Å². The molecule has 2 rings (SSSR count). The van der Waals surface area contributed by atoms with Crippen LogP contribution < -0.4 is 16.9 Å². The summed E-state index contributed by atoms with van der Waals surface area (Å²) in [6, 6.07) is 5.45. The Balaban J connectivity index is 2.42. The third kappa shape index (κ3) is 4.31. The van der Waals surface area contributed by atoms with E-state index in [1.165, 1.54) is 5.01 Å². The highest BCUT2D eigenvalue weighted by Gasteiger charge is 2.43. The van der Waals surface area contributed by atoms with Crippen LogP contribution in [0.15, 0.2) is 36.2 Å². The van der Waals surface area contributed by atoms with Gasteiger partial charge in [-0.15, -0.1) is 0 Å². The molecule has 1 aliphatic heterocycles. The molecule has 3 atom stereocenters. The van der Waals surface area contributed by atoms with Crippen molar-refractivity contribution in [3.8, 4) is 0 Å². The van der Waals surface area contributed by atoms with E-state index in [9.17, 15) is 13.2 Å². The molecule has 0 aromatic heterocycles. The molecular formula is C18H28F3N5. The van der Waals surface area contributed by atoms with E-state index in [2.05, 4.69) is 10.2 Å². The van der Waals surface area contributed by atoms with Gasteiger partial charge in [0.2, 0.25) is 0 Å². The minimum Gasteiger partial charge on any atom is -0.400 e. The molecule has 0 saturated carbocycles. The Morgan fingerprint density at radius 1 is 1.19 bits per heavy atom. The predicted octanol–water partition coefficient (Wildman–Crippen LogP) is 2.21. The lowest BCUT2D eigenvalue weighted by atomic mass is 9.74. The Morgan fingerprint density at radius 3 is 2.23 bits per heavy atom. The fourth-order valence-corrected chi connectivity index (χ4v) is 3.76. The average molecular weight is 371 g/mol. The van der Waals surface area contributed by atoms with Gasteiger partial charge in [0.15, 0.2) is 0 Å². The van der Waals surface area contributed by atoms with E-state index in [1.54, 1.807) is 25.4 Å². The van der Waals surface area contributed by atoms with E-state index >= 15 is 0 Å². The summed E-state index contributed by atoms with van der Waals surface area (Å²) in [4.78, 5) is 2.07. The Hall–Kier alpha value is -1.77. The summed E-state index contributed by atoms with van der Waals surface area (Å²) >= 11 is 0. The Morgan fingerprint density at radius 2 is 1.77 bits per heavy atom. The smallest absolute Gasteiger partial charge is 0.400 e. The van der Waals surface area contributed by atoms with Crippen molar-refractivity contribution < 1.29 is 13.2 Å². The van der Waals surface area contributed by atoms with Crippen molar-refractivity contribution in [1.29, 1.82) is 0 Å². The van der Waals surface area contributed by atoms with Crippen LogP contribution in [0.5, 0.6) is 0 Å². The van der Waals surface area contributed by atoms with Gasteiger partial charge in [-0.25, -0.2) is 5.84 Å². The quantitative estimate of drug-likeness (QED) is 0.559. The number of piperidine rings is 1. The molecule has 5 nitrogen and oxygen atoms in total. The highest BCUT2D eigenvalue weighted by atomic mass is 19.4. The van der Waals surface area contributed by atoms with Gasteiger partial charge in [0.25, 0.3) is 0 Å². The molecular weight excluding hydrogens is 343 g/mol. The third-order valence-corrected chi connectivity index (χ3v) is 5.03. The molecule has 1 fully saturated rings. The molecule has 26 heavy (non-hydrogen) atoms. The van der Waals surface area contributed by atoms with Gasteiger partial charge in [0, 0.05) is 30.5 Å². The molecule has 1 aliphatic rings. The van der Waals surface area contributed by atoms with Gasteiger partial charge >= 0.3 is 6.18 Å². The van der Waals surface area contributed by atoms with Crippen molar-refractivity contribution in [2.24, 2.45) is 11.6 Å². The normalized spacial score (nSPS) is 27.7. The van der Waals surface area contributed by atoms with Crippen LogP contribution in [0.2, 0.25) is 0 Å². The summed E-state index contributed by atoms with van der Waals surface area (Å²) in [7, 11) is 5.58. The van der Waals surface area contributed by atoms with Gasteiger partial charge in [-0.1, -0.05) is 12.1 Å². The van der Waals surface area contributed by atoms with Crippen LogP contribution in [0.3, 0.4) is 0 Å². The summed E-state index contributed by atoms with van der Waals surface area (Å²) in [6.45, 7) is 2.05. The van der Waals surface area contributed by atoms with Crippen molar-refractivity contribution >= 4 is 0 Å². The van der Waals surface area contributed by atoms with Crippen LogP contribution in [0.4, 0.5) is 13.2 Å². The number of nitrogens with zero attached hydrogens (tertiary/aromatic N) is 2. The maximum atomic E-state index is 12.9. The van der Waals surface area contributed by atoms with E-state index in [4.69, 9.17) is 11.6 Å². The molecule has 1 saturated heterocycles. The number of hydrogen-bond donors (Lipinski definition) is 3. The lowest BCUT2D eigenvalue weighted by Crippen LogP contribution is -2.58. The summed E-state index contributed by atoms with van der Waals surface area (Å²) < 4.78 is 38.7. The zero-order valence-electron chi connectivity index (χ0n) is 15.6. The zero-order valence-corrected chi connectivity index (χ0v) is 15.6. The average Bonchev–Trinajstić information content (AvgIpc) is 2.52. The first-order valence-electron chi connectivity index (χ1n) is 8.51. The standard InChI is InChI=1S/C18H28F3N5/c1-12-9-17(25(2)3,10-16(24-12)15(22)11-26(4)23)13-5-7-14(8-6-13)18(19,20)21/h5-8,11-12,16,24H,9-10,22-23H2,1-4H3/b15-11-/t12-,16-,17-/m0/s1. The van der Waals surface area contributed by atoms with Crippen molar-refractivity contribution in [3.63, 3.8) is 0 Å². The molecule has 0 radical (unpaired) electrons. The first kappa shape index (κ1) is 20.5. The fourth-order valence-electron chi connectivity index (χ4n) is 3.76. The topological polar surface area (TPSA) is 70.5 Å². The van der Waals surface area contributed by atoms with E-state index in [1.807, 2.05) is 21.0 Å². The minimum atomic E-state index is -4.34. The summed E-state index contributed by atoms with van der Waals surface area (Å²) in [5.74, 6) is 5.66. The highest BCUT2D eigenvalue weighted by molar-refractivity contribution is 5.32. The molecule has 1 heterocycles. The number of halogens is 3. The van der Waals surface area contributed by atoms with E-state index in [-0.39, 0.29) is 12.1 Å². The van der Waals surface area contributed by atoms with Crippen molar-refractivity contribution in [2.75, 3.05) is 21.1 Å². The fraction of sp³-hybridized carbons (Fsp3) is 0.556. The molecule has 146 valence electrons. The zero-order chi connectivity index (χ0) is 19.7. The first-order valence-corrected chi connectivity index (χ1v) is 8.51. The summed E-state index contributed by atoms with van der Waals surface area (Å²) in [6.07, 6.45) is -1.30. The summed E-state index contributed by atoms with van der Waals surface area (Å²) in [5, 5.41) is 4.85.